The zero-order valence-electron chi connectivity index (χ0n) is 22.6. The molecule has 1 aromatic rings. The molecule has 1 saturated heterocycles. The van der Waals surface area contributed by atoms with E-state index in [0.717, 1.165) is 12.8 Å². The molecule has 2 N–H and O–H groups in total. The SMILES string of the molecule is CCOCCCO[C@@H](c1cccc(Cl)c1F)[C@@H]1CCCN(C(=O)N[C@H](CNC)CC2CCC(F)(F)CC2)C1. The Morgan fingerprint density at radius 1 is 1.24 bits per heavy atom. The molecular weight excluding hydrogens is 519 g/mol. The molecule has 1 aliphatic carbocycles. The molecule has 2 fully saturated rings. The van der Waals surface area contributed by atoms with E-state index in [0.29, 0.717) is 70.7 Å². The molecule has 0 aromatic heterocycles. The molecule has 1 aliphatic heterocycles. The molecular formula is C28H43ClF3N3O3. The number of urea groups is 1. The minimum absolute atomic E-state index is 0.0474. The molecule has 3 rings (SSSR count). The summed E-state index contributed by atoms with van der Waals surface area (Å²) in [4.78, 5) is 15.1. The van der Waals surface area contributed by atoms with Crippen molar-refractivity contribution in [2.75, 3.05) is 46.5 Å². The Morgan fingerprint density at radius 2 is 2.00 bits per heavy atom. The molecule has 0 radical (unpaired) electrons. The number of likely N-dealkylation sites (N-methyl/N-ethyl adjacent to an activating group) is 1. The topological polar surface area (TPSA) is 62.8 Å². The summed E-state index contributed by atoms with van der Waals surface area (Å²) >= 11 is 6.09. The van der Waals surface area contributed by atoms with Gasteiger partial charge in [0.1, 0.15) is 5.82 Å². The van der Waals surface area contributed by atoms with Crippen LogP contribution in [0.1, 0.15) is 70.0 Å². The molecule has 2 amide bonds. The summed E-state index contributed by atoms with van der Waals surface area (Å²) in [5.41, 5.74) is 0.406. The molecule has 0 unspecified atom stereocenters. The number of halogens is 4. The molecule has 216 valence electrons. The monoisotopic (exact) mass is 561 g/mol. The van der Waals surface area contributed by atoms with Gasteiger partial charge in [0, 0.05) is 69.8 Å². The normalized spacial score (nSPS) is 21.7. The average Bonchev–Trinajstić information content (AvgIpc) is 2.89. The predicted molar refractivity (Wildman–Crippen MR) is 143 cm³/mol. The van der Waals surface area contributed by atoms with E-state index in [1.165, 1.54) is 6.07 Å². The Balaban J connectivity index is 1.64. The van der Waals surface area contributed by atoms with E-state index in [9.17, 15) is 13.6 Å². The molecule has 10 heteroatoms. The van der Waals surface area contributed by atoms with E-state index in [2.05, 4.69) is 10.6 Å². The number of alkyl halides is 2. The lowest BCUT2D eigenvalue weighted by molar-refractivity contribution is -0.0473. The van der Waals surface area contributed by atoms with Crippen LogP contribution in [0, 0.1) is 17.7 Å². The second kappa shape index (κ2) is 15.3. The minimum atomic E-state index is -2.56. The van der Waals surface area contributed by atoms with Crippen molar-refractivity contribution in [3.05, 3.63) is 34.6 Å². The summed E-state index contributed by atoms with van der Waals surface area (Å²) in [5, 5.41) is 6.29. The average molecular weight is 562 g/mol. The highest BCUT2D eigenvalue weighted by Gasteiger charge is 2.37. The zero-order chi connectivity index (χ0) is 27.5. The number of hydrogen-bond acceptors (Lipinski definition) is 4. The fourth-order valence-corrected chi connectivity index (χ4v) is 5.80. The smallest absolute Gasteiger partial charge is 0.317 e. The maximum atomic E-state index is 15.0. The van der Waals surface area contributed by atoms with Crippen LogP contribution in [0.15, 0.2) is 18.2 Å². The summed E-state index contributed by atoms with van der Waals surface area (Å²) in [7, 11) is 1.82. The van der Waals surface area contributed by atoms with Gasteiger partial charge in [0.25, 0.3) is 0 Å². The van der Waals surface area contributed by atoms with Gasteiger partial charge in [-0.15, -0.1) is 0 Å². The molecule has 0 bridgehead atoms. The maximum absolute atomic E-state index is 15.0. The van der Waals surface area contributed by atoms with Gasteiger partial charge in [-0.25, -0.2) is 18.0 Å². The minimum Gasteiger partial charge on any atom is -0.382 e. The summed E-state index contributed by atoms with van der Waals surface area (Å²) in [6, 6.07) is 4.60. The lowest BCUT2D eigenvalue weighted by atomic mass is 9.83. The fraction of sp³-hybridized carbons (Fsp3) is 0.750. The Morgan fingerprint density at radius 3 is 2.71 bits per heavy atom. The first kappa shape index (κ1) is 31.0. The van der Waals surface area contributed by atoms with Crippen molar-refractivity contribution in [1.29, 1.82) is 0 Å². The van der Waals surface area contributed by atoms with Crippen LogP contribution in [0.25, 0.3) is 0 Å². The van der Waals surface area contributed by atoms with E-state index in [1.54, 1.807) is 17.0 Å². The first-order valence-corrected chi connectivity index (χ1v) is 14.3. The van der Waals surface area contributed by atoms with Crippen molar-refractivity contribution >= 4 is 17.6 Å². The number of benzene rings is 1. The molecule has 38 heavy (non-hydrogen) atoms. The summed E-state index contributed by atoms with van der Waals surface area (Å²) in [5.74, 6) is -2.98. The van der Waals surface area contributed by atoms with Crippen LogP contribution in [0.4, 0.5) is 18.0 Å². The number of likely N-dealkylation sites (tertiary alicyclic amines) is 1. The second-order valence-corrected chi connectivity index (χ2v) is 11.0. The number of nitrogens with zero attached hydrogens (tertiary/aromatic N) is 1. The highest BCUT2D eigenvalue weighted by molar-refractivity contribution is 6.30. The van der Waals surface area contributed by atoms with E-state index in [1.807, 2.05) is 14.0 Å². The van der Waals surface area contributed by atoms with Crippen LogP contribution in [0.3, 0.4) is 0 Å². The molecule has 2 aliphatic rings. The van der Waals surface area contributed by atoms with Crippen LogP contribution in [-0.4, -0.2) is 69.4 Å². The number of amides is 2. The number of hydrogen-bond donors (Lipinski definition) is 2. The molecule has 3 atom stereocenters. The molecule has 1 heterocycles. The van der Waals surface area contributed by atoms with E-state index in [-0.39, 0.29) is 41.8 Å². The van der Waals surface area contributed by atoms with Gasteiger partial charge >= 0.3 is 6.03 Å². The van der Waals surface area contributed by atoms with Crippen molar-refractivity contribution in [2.24, 2.45) is 11.8 Å². The third kappa shape index (κ3) is 9.28. The lowest BCUT2D eigenvalue weighted by Gasteiger charge is -2.38. The van der Waals surface area contributed by atoms with E-state index < -0.39 is 17.8 Å². The Labute approximate surface area is 229 Å². The molecule has 1 saturated carbocycles. The Hall–Kier alpha value is -1.55. The van der Waals surface area contributed by atoms with Crippen LogP contribution in [0.2, 0.25) is 5.02 Å². The van der Waals surface area contributed by atoms with Gasteiger partial charge in [-0.3, -0.25) is 0 Å². The van der Waals surface area contributed by atoms with Crippen LogP contribution in [0.5, 0.6) is 0 Å². The van der Waals surface area contributed by atoms with Gasteiger partial charge in [-0.05, 0) is 64.5 Å². The highest BCUT2D eigenvalue weighted by atomic mass is 35.5. The summed E-state index contributed by atoms with van der Waals surface area (Å²) in [6.07, 6.45) is 3.15. The first-order valence-electron chi connectivity index (χ1n) is 13.9. The van der Waals surface area contributed by atoms with Crippen molar-refractivity contribution in [3.8, 4) is 0 Å². The quantitative estimate of drug-likeness (QED) is 0.282. The standard InChI is InChI=1S/C28H43ClF3N3O3/c1-3-37-15-6-16-38-26(23-8-4-9-24(29)25(23)30)21-7-5-14-35(19-21)27(36)34-22(18-33-2)17-20-10-12-28(31,32)13-11-20/h4,8-9,20-22,26,33H,3,5-7,10-19H2,1-2H3,(H,34,36)/t21-,22+,26-/m1/s1. The summed E-state index contributed by atoms with van der Waals surface area (Å²) in [6.45, 7) is 5.11. The Bertz CT molecular complexity index is 869. The van der Waals surface area contributed by atoms with Gasteiger partial charge in [0.2, 0.25) is 5.92 Å². The number of carbonyl (C=O) groups excluding carboxylic acids is 1. The number of carbonyl (C=O) groups is 1. The van der Waals surface area contributed by atoms with Crippen molar-refractivity contribution in [3.63, 3.8) is 0 Å². The maximum Gasteiger partial charge on any atom is 0.317 e. The largest absolute Gasteiger partial charge is 0.382 e. The first-order chi connectivity index (χ1) is 18.2. The van der Waals surface area contributed by atoms with Crippen molar-refractivity contribution in [2.45, 2.75) is 76.4 Å². The highest BCUT2D eigenvalue weighted by Crippen LogP contribution is 2.38. The van der Waals surface area contributed by atoms with Crippen LogP contribution in [-0.2, 0) is 9.47 Å². The van der Waals surface area contributed by atoms with Gasteiger partial charge in [-0.2, -0.15) is 0 Å². The fourth-order valence-electron chi connectivity index (χ4n) is 5.62. The third-order valence-electron chi connectivity index (χ3n) is 7.63. The number of rotatable bonds is 13. The van der Waals surface area contributed by atoms with Crippen LogP contribution < -0.4 is 10.6 Å². The molecule has 6 nitrogen and oxygen atoms in total. The summed E-state index contributed by atoms with van der Waals surface area (Å²) < 4.78 is 53.8. The van der Waals surface area contributed by atoms with Crippen molar-refractivity contribution in [1.82, 2.24) is 15.5 Å². The molecule has 0 spiro atoms. The van der Waals surface area contributed by atoms with E-state index >= 15 is 4.39 Å². The lowest BCUT2D eigenvalue weighted by Crippen LogP contribution is -2.52. The van der Waals surface area contributed by atoms with Gasteiger partial charge in [0.05, 0.1) is 11.1 Å². The second-order valence-electron chi connectivity index (χ2n) is 10.6. The zero-order valence-corrected chi connectivity index (χ0v) is 23.4. The Kier molecular flexibility index (Phi) is 12.5. The van der Waals surface area contributed by atoms with Gasteiger partial charge in [0.15, 0.2) is 0 Å². The van der Waals surface area contributed by atoms with Gasteiger partial charge < -0.3 is 25.0 Å². The number of nitrogens with one attached hydrogen (secondary N) is 2. The van der Waals surface area contributed by atoms with Gasteiger partial charge in [-0.1, -0.05) is 23.7 Å². The van der Waals surface area contributed by atoms with Crippen molar-refractivity contribution < 1.29 is 27.4 Å². The molecule has 1 aromatic carbocycles. The van der Waals surface area contributed by atoms with E-state index in [4.69, 9.17) is 21.1 Å². The number of piperidine rings is 1. The predicted octanol–water partition coefficient (Wildman–Crippen LogP) is 6.19. The number of ether oxygens (including phenoxy) is 2. The third-order valence-corrected chi connectivity index (χ3v) is 7.92. The van der Waals surface area contributed by atoms with Crippen LogP contribution >= 0.6 is 11.6 Å².